The first-order valence-electron chi connectivity index (χ1n) is 24.3. The molecule has 0 aromatic rings. The average molecular weight is 938 g/mol. The summed E-state index contributed by atoms with van der Waals surface area (Å²) in [6.07, 6.45) is -10.7. The van der Waals surface area contributed by atoms with Gasteiger partial charge in [-0.15, -0.1) is 0 Å². The van der Waals surface area contributed by atoms with Gasteiger partial charge in [0.15, 0.2) is 18.9 Å². The third kappa shape index (κ3) is 7.31. The van der Waals surface area contributed by atoms with Crippen molar-refractivity contribution in [1.82, 2.24) is 5.32 Å². The van der Waals surface area contributed by atoms with Crippen molar-refractivity contribution in [1.29, 1.82) is 0 Å². The molecule has 4 heterocycles. The van der Waals surface area contributed by atoms with Crippen LogP contribution in [0.1, 0.15) is 107 Å². The topological polar surface area (TPSA) is 273 Å². The first-order valence-corrected chi connectivity index (χ1v) is 24.3. The second-order valence-corrected chi connectivity index (χ2v) is 23.6. The summed E-state index contributed by atoms with van der Waals surface area (Å²) >= 11 is 0. The lowest BCUT2D eigenvalue weighted by Crippen LogP contribution is -2.68. The zero-order chi connectivity index (χ0) is 47.8. The second-order valence-electron chi connectivity index (χ2n) is 23.6. The summed E-state index contributed by atoms with van der Waals surface area (Å²) in [5.74, 6) is -0.317. The molecular formula is C48H75NO17. The summed E-state index contributed by atoms with van der Waals surface area (Å²) in [4.78, 5) is 26.3. The lowest BCUT2D eigenvalue weighted by atomic mass is 9.33. The van der Waals surface area contributed by atoms with Crippen LogP contribution in [-0.4, -0.2) is 171 Å². The number of esters is 1. The van der Waals surface area contributed by atoms with Crippen molar-refractivity contribution in [3.8, 4) is 0 Å². The monoisotopic (exact) mass is 938 g/mol. The van der Waals surface area contributed by atoms with E-state index in [9.17, 15) is 50.4 Å². The average Bonchev–Trinajstić information content (AvgIpc) is 3.57. The number of hydrogen-bond acceptors (Lipinski definition) is 17. The highest BCUT2D eigenvalue weighted by atomic mass is 16.8. The number of hydrogen-bond donors (Lipinski definition) is 9. The Morgan fingerprint density at radius 1 is 0.773 bits per heavy atom. The van der Waals surface area contributed by atoms with Gasteiger partial charge in [0.2, 0.25) is 5.91 Å². The highest BCUT2D eigenvalue weighted by Crippen LogP contribution is 2.76. The van der Waals surface area contributed by atoms with E-state index in [-0.39, 0.29) is 64.7 Å². The minimum atomic E-state index is -1.71. The molecule has 1 amide bonds. The zero-order valence-electron chi connectivity index (χ0n) is 39.6. The fraction of sp³-hybridized carbons (Fsp3) is 0.917. The molecule has 9 N–H and O–H groups in total. The normalized spacial score (nSPS) is 53.8. The van der Waals surface area contributed by atoms with E-state index in [1.165, 1.54) is 12.5 Å². The standard InChI is InChI=1S/C48H75NO17/c1-21(50)49-32-36(57)35(56)26(20-62-41-38(34(55)25(52)19-61-41)66-40-37(58)33(54)24(51)18-60-40)63-39(32)64-30-12-13-45(6)27(44(30,4)5)11-14-46(7)28(45)10-9-22-23-15-43(2,3)31-17-48(23,42(59)65-31)29(53)16-47(22,46)8/h9,23-41,51-58H,10-20H2,1-8H3,(H,49,50)/t23-,24+,25+,26-,27-,28-,29-,30+,31+,32-,33+,34+,35-,36-,37-,38-,39+,40+,41+,45+,46-,47-,48-/m1/s1. The highest BCUT2D eigenvalue weighted by Gasteiger charge is 2.74. The van der Waals surface area contributed by atoms with E-state index >= 15 is 0 Å². The number of allylic oxidation sites excluding steroid dienone is 2. The van der Waals surface area contributed by atoms with Crippen molar-refractivity contribution in [2.45, 2.75) is 205 Å². The van der Waals surface area contributed by atoms with E-state index < -0.39 is 115 Å². The van der Waals surface area contributed by atoms with E-state index in [0.29, 0.717) is 19.3 Å². The van der Waals surface area contributed by atoms with Crippen LogP contribution >= 0.6 is 0 Å². The summed E-state index contributed by atoms with van der Waals surface area (Å²) < 4.78 is 42.1. The maximum absolute atomic E-state index is 13.7. The van der Waals surface area contributed by atoms with Crippen LogP contribution < -0.4 is 5.32 Å². The van der Waals surface area contributed by atoms with Gasteiger partial charge in [-0.1, -0.05) is 60.1 Å². The molecule has 4 saturated carbocycles. The maximum Gasteiger partial charge on any atom is 0.315 e. The number of aliphatic hydroxyl groups excluding tert-OH is 8. The fourth-order valence-corrected chi connectivity index (χ4v) is 15.4. The molecule has 0 aromatic carbocycles. The summed E-state index contributed by atoms with van der Waals surface area (Å²) in [5.41, 5.74) is -0.823. The molecule has 4 saturated heterocycles. The van der Waals surface area contributed by atoms with Gasteiger partial charge in [-0.25, -0.2) is 0 Å². The van der Waals surface area contributed by atoms with Gasteiger partial charge in [-0.2, -0.15) is 0 Å². The Labute approximate surface area is 386 Å². The van der Waals surface area contributed by atoms with E-state index in [2.05, 4.69) is 59.9 Å². The van der Waals surface area contributed by atoms with E-state index in [1.54, 1.807) is 0 Å². The Bertz CT molecular complexity index is 1900. The molecule has 23 atom stereocenters. The molecule has 0 unspecified atom stereocenters. The number of carbonyl (C=O) groups is 2. The zero-order valence-corrected chi connectivity index (χ0v) is 39.6. The summed E-state index contributed by atoms with van der Waals surface area (Å²) in [6.45, 7) is 16.1. The Morgan fingerprint density at radius 3 is 2.15 bits per heavy atom. The van der Waals surface area contributed by atoms with Gasteiger partial charge >= 0.3 is 5.97 Å². The SMILES string of the molecule is CC(=O)N[C@H]1[C@H](O[C@H]2CC[C@@]3(C)[C@H](CC[C@]4(C)[C@@H]3CC=C3[C@H]5CC(C)(C)[C@@H]6C[C@]5(C(=O)O6)[C@H](O)C[C@]34C)C2(C)C)O[C@H](CO[C@@H]2OC[C@H](O)[C@H](O)[C@H]2O[C@@H]2OC[C@H](O)[C@H](O)[C@H]2O)[C@@H](O)[C@@H]1O. The molecule has 2 bridgehead atoms. The van der Waals surface area contributed by atoms with Gasteiger partial charge in [0.1, 0.15) is 72.5 Å². The van der Waals surface area contributed by atoms with Crippen LogP contribution in [0.2, 0.25) is 0 Å². The number of nitrogens with one attached hydrogen (secondary N) is 1. The third-order valence-electron chi connectivity index (χ3n) is 19.4. The molecule has 5 aliphatic carbocycles. The van der Waals surface area contributed by atoms with E-state index in [1.807, 2.05) is 0 Å². The van der Waals surface area contributed by atoms with Crippen LogP contribution in [0.3, 0.4) is 0 Å². The second kappa shape index (κ2) is 16.9. The van der Waals surface area contributed by atoms with Crippen LogP contribution in [0.15, 0.2) is 11.6 Å². The van der Waals surface area contributed by atoms with E-state index in [0.717, 1.165) is 32.1 Å². The summed E-state index contributed by atoms with van der Waals surface area (Å²) in [5, 5.41) is 89.8. The predicted molar refractivity (Wildman–Crippen MR) is 229 cm³/mol. The highest BCUT2D eigenvalue weighted by molar-refractivity contribution is 5.82. The van der Waals surface area contributed by atoms with Crippen LogP contribution in [0.4, 0.5) is 0 Å². The molecule has 18 heteroatoms. The summed E-state index contributed by atoms with van der Waals surface area (Å²) in [7, 11) is 0. The first kappa shape index (κ1) is 49.1. The number of ether oxygens (including phenoxy) is 7. The molecule has 18 nitrogen and oxygen atoms in total. The Balaban J connectivity index is 0.925. The minimum Gasteiger partial charge on any atom is -0.461 e. The quantitative estimate of drug-likeness (QED) is 0.0914. The van der Waals surface area contributed by atoms with Crippen molar-refractivity contribution in [3.63, 3.8) is 0 Å². The number of carbonyl (C=O) groups excluding carboxylic acids is 2. The van der Waals surface area contributed by atoms with Crippen molar-refractivity contribution < 1.29 is 83.6 Å². The van der Waals surface area contributed by atoms with Crippen molar-refractivity contribution in [2.24, 2.45) is 50.2 Å². The van der Waals surface area contributed by atoms with Gasteiger partial charge in [-0.3, -0.25) is 9.59 Å². The number of rotatable bonds is 8. The van der Waals surface area contributed by atoms with Gasteiger partial charge < -0.3 is 79.3 Å². The van der Waals surface area contributed by atoms with Gasteiger partial charge in [0.25, 0.3) is 0 Å². The van der Waals surface area contributed by atoms with Crippen LogP contribution in [0, 0.1) is 50.2 Å². The molecular weight excluding hydrogens is 863 g/mol. The Kier molecular flexibility index (Phi) is 12.6. The Hall–Kier alpha value is -1.88. The van der Waals surface area contributed by atoms with Crippen LogP contribution in [0.5, 0.6) is 0 Å². The van der Waals surface area contributed by atoms with Crippen molar-refractivity contribution in [2.75, 3.05) is 19.8 Å². The minimum absolute atomic E-state index is 0.0769. The van der Waals surface area contributed by atoms with Gasteiger partial charge in [-0.05, 0) is 84.4 Å². The lowest BCUT2D eigenvalue weighted by molar-refractivity contribution is -0.352. The largest absolute Gasteiger partial charge is 0.461 e. The number of amides is 1. The molecule has 8 fully saturated rings. The first-order chi connectivity index (χ1) is 30.8. The Morgan fingerprint density at radius 2 is 1.45 bits per heavy atom. The fourth-order valence-electron chi connectivity index (χ4n) is 15.4. The summed E-state index contributed by atoms with van der Waals surface area (Å²) in [6, 6.07) is -1.15. The molecule has 1 spiro atoms. The molecule has 374 valence electrons. The number of aliphatic hydroxyl groups is 8. The molecule has 4 aliphatic heterocycles. The van der Waals surface area contributed by atoms with E-state index in [4.69, 9.17) is 33.2 Å². The molecule has 9 rings (SSSR count). The van der Waals surface area contributed by atoms with Crippen molar-refractivity contribution in [3.05, 3.63) is 11.6 Å². The third-order valence-corrected chi connectivity index (χ3v) is 19.4. The molecule has 9 aliphatic rings. The molecule has 66 heavy (non-hydrogen) atoms. The molecule has 0 radical (unpaired) electrons. The van der Waals surface area contributed by atoms with Gasteiger partial charge in [0.05, 0.1) is 32.0 Å². The van der Waals surface area contributed by atoms with Crippen LogP contribution in [0.25, 0.3) is 0 Å². The smallest absolute Gasteiger partial charge is 0.315 e. The number of fused-ring (bicyclic) bond motifs is 7. The van der Waals surface area contributed by atoms with Gasteiger partial charge in [0, 0.05) is 18.8 Å². The predicted octanol–water partition coefficient (Wildman–Crippen LogP) is 0.550. The molecule has 0 aromatic heterocycles. The van der Waals surface area contributed by atoms with Crippen molar-refractivity contribution >= 4 is 11.9 Å². The maximum atomic E-state index is 13.7. The lowest BCUT2D eigenvalue weighted by Gasteiger charge is -2.71. The van der Waals surface area contributed by atoms with Crippen LogP contribution in [-0.2, 0) is 42.7 Å².